The lowest BCUT2D eigenvalue weighted by Gasteiger charge is -2.51. The van der Waals surface area contributed by atoms with Gasteiger partial charge in [0.05, 0.1) is 12.0 Å². The van der Waals surface area contributed by atoms with Gasteiger partial charge in [0.15, 0.2) is 0 Å². The number of carboxylic acid groups (broad SMARTS) is 1. The second-order valence-corrected chi connectivity index (χ2v) is 7.18. The Hall–Kier alpha value is -2.17. The van der Waals surface area contributed by atoms with Gasteiger partial charge in [0, 0.05) is 12.1 Å². The van der Waals surface area contributed by atoms with E-state index < -0.39 is 16.9 Å². The minimum Gasteiger partial charge on any atom is -0.481 e. The van der Waals surface area contributed by atoms with Crippen LogP contribution in [-0.2, 0) is 16.0 Å². The molecule has 1 aliphatic carbocycles. The van der Waals surface area contributed by atoms with Crippen molar-refractivity contribution in [3.05, 3.63) is 60.2 Å². The van der Waals surface area contributed by atoms with Gasteiger partial charge in [-0.3, -0.25) is 4.79 Å². The molecule has 0 bridgehead atoms. The standard InChI is InChI=1S/C21H25NO3/c1-2-25-15-20(19(23)24)13-21(22,14-20)12-16-8-10-18(11-9-16)17-6-4-3-5-7-17/h3-11H,2,12-15,22H2,1H3,(H,23,24). The Balaban J connectivity index is 1.66. The molecule has 0 saturated heterocycles. The summed E-state index contributed by atoms with van der Waals surface area (Å²) in [6.07, 6.45) is 1.59. The van der Waals surface area contributed by atoms with Gasteiger partial charge in [0.1, 0.15) is 0 Å². The maximum absolute atomic E-state index is 11.6. The molecule has 0 aliphatic heterocycles. The summed E-state index contributed by atoms with van der Waals surface area (Å²) in [4.78, 5) is 11.6. The van der Waals surface area contributed by atoms with Crippen molar-refractivity contribution in [3.63, 3.8) is 0 Å². The Morgan fingerprint density at radius 3 is 2.24 bits per heavy atom. The van der Waals surface area contributed by atoms with Crippen LogP contribution in [0.4, 0.5) is 0 Å². The maximum Gasteiger partial charge on any atom is 0.312 e. The first kappa shape index (κ1) is 17.6. The average Bonchev–Trinajstić information content (AvgIpc) is 2.59. The lowest BCUT2D eigenvalue weighted by atomic mass is 9.56. The van der Waals surface area contributed by atoms with Crippen molar-refractivity contribution in [3.8, 4) is 11.1 Å². The molecule has 0 aromatic heterocycles. The van der Waals surface area contributed by atoms with Crippen LogP contribution in [0.3, 0.4) is 0 Å². The topological polar surface area (TPSA) is 72.5 Å². The molecule has 25 heavy (non-hydrogen) atoms. The van der Waals surface area contributed by atoms with E-state index in [2.05, 4.69) is 36.4 Å². The zero-order chi connectivity index (χ0) is 17.9. The van der Waals surface area contributed by atoms with Crippen LogP contribution in [0.15, 0.2) is 54.6 Å². The molecule has 2 aromatic rings. The summed E-state index contributed by atoms with van der Waals surface area (Å²) in [7, 11) is 0. The van der Waals surface area contributed by atoms with E-state index in [0.29, 0.717) is 25.9 Å². The normalized spacial score (nSPS) is 25.4. The second-order valence-electron chi connectivity index (χ2n) is 7.18. The molecule has 0 radical (unpaired) electrons. The van der Waals surface area contributed by atoms with Crippen LogP contribution in [0.5, 0.6) is 0 Å². The molecule has 1 aliphatic rings. The van der Waals surface area contributed by atoms with E-state index in [1.165, 1.54) is 11.1 Å². The third-order valence-electron chi connectivity index (χ3n) is 5.03. The first-order valence-electron chi connectivity index (χ1n) is 8.71. The van der Waals surface area contributed by atoms with Gasteiger partial charge in [0.25, 0.3) is 0 Å². The number of ether oxygens (including phenoxy) is 1. The molecule has 0 heterocycles. The summed E-state index contributed by atoms with van der Waals surface area (Å²) in [5.41, 5.74) is 8.64. The quantitative estimate of drug-likeness (QED) is 0.810. The van der Waals surface area contributed by atoms with Crippen molar-refractivity contribution in [1.82, 2.24) is 0 Å². The molecule has 4 nitrogen and oxygen atoms in total. The largest absolute Gasteiger partial charge is 0.481 e. The number of rotatable bonds is 7. The number of hydrogen-bond donors (Lipinski definition) is 2. The van der Waals surface area contributed by atoms with Crippen molar-refractivity contribution in [2.24, 2.45) is 11.1 Å². The van der Waals surface area contributed by atoms with Gasteiger partial charge in [-0.2, -0.15) is 0 Å². The fourth-order valence-corrected chi connectivity index (χ4v) is 3.89. The Kier molecular flexibility index (Phi) is 4.93. The summed E-state index contributed by atoms with van der Waals surface area (Å²) in [5, 5.41) is 9.54. The lowest BCUT2D eigenvalue weighted by Crippen LogP contribution is -2.63. The van der Waals surface area contributed by atoms with Crippen molar-refractivity contribution in [2.45, 2.75) is 31.7 Å². The van der Waals surface area contributed by atoms with Gasteiger partial charge in [-0.1, -0.05) is 54.6 Å². The van der Waals surface area contributed by atoms with Gasteiger partial charge < -0.3 is 15.6 Å². The third kappa shape index (κ3) is 3.75. The van der Waals surface area contributed by atoms with Gasteiger partial charge in [-0.15, -0.1) is 0 Å². The van der Waals surface area contributed by atoms with Crippen molar-refractivity contribution < 1.29 is 14.6 Å². The number of aliphatic carboxylic acids is 1. The van der Waals surface area contributed by atoms with Gasteiger partial charge in [-0.05, 0) is 42.9 Å². The van der Waals surface area contributed by atoms with Crippen LogP contribution in [-0.4, -0.2) is 29.8 Å². The molecular formula is C21H25NO3. The van der Waals surface area contributed by atoms with E-state index in [0.717, 1.165) is 5.56 Å². The van der Waals surface area contributed by atoms with Crippen molar-refractivity contribution in [2.75, 3.05) is 13.2 Å². The number of carboxylic acids is 1. The summed E-state index contributed by atoms with van der Waals surface area (Å²) in [6, 6.07) is 18.6. The fraction of sp³-hybridized carbons (Fsp3) is 0.381. The monoisotopic (exact) mass is 339 g/mol. The molecule has 4 heteroatoms. The van der Waals surface area contributed by atoms with Gasteiger partial charge in [0.2, 0.25) is 0 Å². The minimum atomic E-state index is -0.825. The predicted molar refractivity (Wildman–Crippen MR) is 98.3 cm³/mol. The summed E-state index contributed by atoms with van der Waals surface area (Å²) in [6.45, 7) is 2.64. The van der Waals surface area contributed by atoms with E-state index in [-0.39, 0.29) is 6.61 Å². The van der Waals surface area contributed by atoms with E-state index in [9.17, 15) is 9.90 Å². The molecule has 0 spiro atoms. The predicted octanol–water partition coefficient (Wildman–Crippen LogP) is 3.49. The summed E-state index contributed by atoms with van der Waals surface area (Å²) in [5.74, 6) is -0.804. The zero-order valence-electron chi connectivity index (χ0n) is 14.6. The molecule has 1 fully saturated rings. The highest BCUT2D eigenvalue weighted by Gasteiger charge is 2.57. The number of benzene rings is 2. The van der Waals surface area contributed by atoms with Crippen LogP contribution in [0, 0.1) is 5.41 Å². The molecule has 0 amide bonds. The van der Waals surface area contributed by atoms with Crippen molar-refractivity contribution >= 4 is 5.97 Å². The Bertz CT molecular complexity index is 719. The summed E-state index contributed by atoms with van der Waals surface area (Å²) < 4.78 is 5.37. The van der Waals surface area contributed by atoms with E-state index in [4.69, 9.17) is 10.5 Å². The Morgan fingerprint density at radius 2 is 1.68 bits per heavy atom. The van der Waals surface area contributed by atoms with E-state index in [1.807, 2.05) is 25.1 Å². The smallest absolute Gasteiger partial charge is 0.312 e. The molecule has 1 saturated carbocycles. The second kappa shape index (κ2) is 6.98. The third-order valence-corrected chi connectivity index (χ3v) is 5.03. The van der Waals surface area contributed by atoms with Crippen LogP contribution in [0.25, 0.3) is 11.1 Å². The zero-order valence-corrected chi connectivity index (χ0v) is 14.6. The number of hydrogen-bond acceptors (Lipinski definition) is 3. The SMILES string of the molecule is CCOCC1(C(=O)O)CC(N)(Cc2ccc(-c3ccccc3)cc2)C1. The molecule has 2 aromatic carbocycles. The first-order chi connectivity index (χ1) is 12.0. The highest BCUT2D eigenvalue weighted by Crippen LogP contribution is 2.49. The summed E-state index contributed by atoms with van der Waals surface area (Å²) >= 11 is 0. The molecule has 0 atom stereocenters. The van der Waals surface area contributed by atoms with Gasteiger partial charge in [-0.25, -0.2) is 0 Å². The molecule has 0 unspecified atom stereocenters. The maximum atomic E-state index is 11.6. The molecule has 3 rings (SSSR count). The van der Waals surface area contributed by atoms with Crippen molar-refractivity contribution in [1.29, 1.82) is 0 Å². The molecule has 132 valence electrons. The minimum absolute atomic E-state index is 0.241. The Morgan fingerprint density at radius 1 is 1.08 bits per heavy atom. The lowest BCUT2D eigenvalue weighted by molar-refractivity contribution is -0.166. The molecular weight excluding hydrogens is 314 g/mol. The van der Waals surface area contributed by atoms with Crippen LogP contribution >= 0.6 is 0 Å². The highest BCUT2D eigenvalue weighted by molar-refractivity contribution is 5.77. The average molecular weight is 339 g/mol. The molecule has 3 N–H and O–H groups in total. The fourth-order valence-electron chi connectivity index (χ4n) is 3.89. The van der Waals surface area contributed by atoms with Crippen LogP contribution in [0.2, 0.25) is 0 Å². The van der Waals surface area contributed by atoms with Crippen LogP contribution < -0.4 is 5.73 Å². The number of carbonyl (C=O) groups is 1. The van der Waals surface area contributed by atoms with E-state index in [1.54, 1.807) is 0 Å². The van der Waals surface area contributed by atoms with Gasteiger partial charge >= 0.3 is 5.97 Å². The van der Waals surface area contributed by atoms with Crippen LogP contribution in [0.1, 0.15) is 25.3 Å². The number of nitrogens with two attached hydrogens (primary N) is 1. The first-order valence-corrected chi connectivity index (χ1v) is 8.71. The Labute approximate surface area is 148 Å². The van der Waals surface area contributed by atoms with E-state index >= 15 is 0 Å². The highest BCUT2D eigenvalue weighted by atomic mass is 16.5.